The highest BCUT2D eigenvalue weighted by molar-refractivity contribution is 6.33. The van der Waals surface area contributed by atoms with Crippen molar-refractivity contribution < 1.29 is 23.8 Å². The molecule has 0 bridgehead atoms. The van der Waals surface area contributed by atoms with Crippen LogP contribution in [-0.4, -0.2) is 23.7 Å². The Balaban J connectivity index is 2.18. The number of hydrogen-bond acceptors (Lipinski definition) is 4. The van der Waals surface area contributed by atoms with E-state index in [1.807, 2.05) is 0 Å². The topological polar surface area (TPSA) is 81.8 Å². The van der Waals surface area contributed by atoms with Crippen LogP contribution >= 0.6 is 11.6 Å². The van der Waals surface area contributed by atoms with Gasteiger partial charge in [-0.1, -0.05) is 11.6 Å². The van der Waals surface area contributed by atoms with Crippen molar-refractivity contribution in [2.45, 2.75) is 6.10 Å². The molecule has 5 nitrogen and oxygen atoms in total. The summed E-state index contributed by atoms with van der Waals surface area (Å²) in [5.74, 6) is -0.992. The zero-order valence-electron chi connectivity index (χ0n) is 11.2. The van der Waals surface area contributed by atoms with Crippen molar-refractivity contribution in [3.63, 3.8) is 0 Å². The van der Waals surface area contributed by atoms with Crippen LogP contribution in [0.1, 0.15) is 0 Å². The molecule has 0 spiro atoms. The van der Waals surface area contributed by atoms with Gasteiger partial charge in [0.05, 0.1) is 0 Å². The lowest BCUT2D eigenvalue weighted by Crippen LogP contribution is -2.41. The normalized spacial score (nSPS) is 16.4. The molecule has 22 heavy (non-hydrogen) atoms. The van der Waals surface area contributed by atoms with Crippen molar-refractivity contribution in [2.75, 3.05) is 6.61 Å². The average molecular weight is 324 g/mol. The maximum atomic E-state index is 13.8. The number of carbonyl (C=O) groups is 1. The molecule has 0 fully saturated rings. The lowest BCUT2D eigenvalue weighted by molar-refractivity contribution is -0.126. The highest BCUT2D eigenvalue weighted by atomic mass is 35.5. The smallest absolute Gasteiger partial charge is 0.262 e. The number of rotatable bonds is 2. The standard InChI is InChI=1S/C15H11ClFNO4/c16-11-2-1-8(19)5-9(11)10-3-7(17)4-12-14(10)22-13(6-21-12)15(18)20/h1-5,13,19H,6H2,(H2,18,20)/t13-/m1/s1. The molecule has 1 atom stereocenters. The van der Waals surface area contributed by atoms with Crippen LogP contribution in [0.5, 0.6) is 17.2 Å². The van der Waals surface area contributed by atoms with Crippen LogP contribution < -0.4 is 15.2 Å². The number of phenolic OH excluding ortho intramolecular Hbond substituents is 1. The number of halogens is 2. The zero-order chi connectivity index (χ0) is 15.9. The van der Waals surface area contributed by atoms with Gasteiger partial charge in [0.15, 0.2) is 11.5 Å². The molecule has 3 rings (SSSR count). The Bertz CT molecular complexity index is 765. The monoisotopic (exact) mass is 323 g/mol. The second-order valence-electron chi connectivity index (χ2n) is 4.76. The lowest BCUT2D eigenvalue weighted by Gasteiger charge is -2.26. The highest BCUT2D eigenvalue weighted by Gasteiger charge is 2.29. The predicted molar refractivity (Wildman–Crippen MR) is 77.6 cm³/mol. The first-order chi connectivity index (χ1) is 10.5. The molecule has 2 aromatic rings. The number of benzene rings is 2. The Morgan fingerprint density at radius 1 is 1.32 bits per heavy atom. The Morgan fingerprint density at radius 2 is 2.09 bits per heavy atom. The quantitative estimate of drug-likeness (QED) is 0.889. The van der Waals surface area contributed by atoms with Crippen molar-refractivity contribution in [1.29, 1.82) is 0 Å². The third kappa shape index (κ3) is 2.53. The first-order valence-corrected chi connectivity index (χ1v) is 6.74. The van der Waals surface area contributed by atoms with Crippen LogP contribution in [0.2, 0.25) is 5.02 Å². The van der Waals surface area contributed by atoms with Gasteiger partial charge in [-0.15, -0.1) is 0 Å². The molecule has 2 aromatic carbocycles. The third-order valence-electron chi connectivity index (χ3n) is 3.23. The summed E-state index contributed by atoms with van der Waals surface area (Å²) in [4.78, 5) is 11.3. The van der Waals surface area contributed by atoms with Gasteiger partial charge in [-0.2, -0.15) is 0 Å². The third-order valence-corrected chi connectivity index (χ3v) is 3.56. The SMILES string of the molecule is NC(=O)[C@H]1COc2cc(F)cc(-c3cc(O)ccc3Cl)c2O1. The molecule has 0 saturated heterocycles. The number of nitrogens with two attached hydrogens (primary N) is 1. The number of carbonyl (C=O) groups excluding carboxylic acids is 1. The number of phenols is 1. The number of aromatic hydroxyl groups is 1. The zero-order valence-corrected chi connectivity index (χ0v) is 11.9. The van der Waals surface area contributed by atoms with Gasteiger partial charge in [0.1, 0.15) is 18.2 Å². The van der Waals surface area contributed by atoms with E-state index in [0.717, 1.165) is 6.07 Å². The van der Waals surface area contributed by atoms with Crippen molar-refractivity contribution in [2.24, 2.45) is 5.73 Å². The molecule has 3 N–H and O–H groups in total. The molecule has 0 saturated carbocycles. The number of ether oxygens (including phenoxy) is 2. The van der Waals surface area contributed by atoms with Gasteiger partial charge in [-0.05, 0) is 24.3 Å². The van der Waals surface area contributed by atoms with Crippen LogP contribution in [0.3, 0.4) is 0 Å². The second kappa shape index (κ2) is 5.38. The van der Waals surface area contributed by atoms with Crippen LogP contribution in [-0.2, 0) is 4.79 Å². The van der Waals surface area contributed by atoms with E-state index in [9.17, 15) is 14.3 Å². The van der Waals surface area contributed by atoms with Gasteiger partial charge >= 0.3 is 0 Å². The van der Waals surface area contributed by atoms with E-state index in [2.05, 4.69) is 0 Å². The van der Waals surface area contributed by atoms with E-state index in [1.54, 1.807) is 0 Å². The second-order valence-corrected chi connectivity index (χ2v) is 5.17. The Morgan fingerprint density at radius 3 is 2.82 bits per heavy atom. The number of hydrogen-bond donors (Lipinski definition) is 2. The number of amides is 1. The summed E-state index contributed by atoms with van der Waals surface area (Å²) in [7, 11) is 0. The largest absolute Gasteiger partial charge is 0.508 e. The summed E-state index contributed by atoms with van der Waals surface area (Å²) in [6, 6.07) is 6.58. The van der Waals surface area contributed by atoms with E-state index in [4.69, 9.17) is 26.8 Å². The minimum absolute atomic E-state index is 0.0411. The van der Waals surface area contributed by atoms with E-state index in [-0.39, 0.29) is 34.4 Å². The van der Waals surface area contributed by atoms with Gasteiger partial charge < -0.3 is 20.3 Å². The minimum Gasteiger partial charge on any atom is -0.508 e. The Labute approximate surface area is 130 Å². The molecular weight excluding hydrogens is 313 g/mol. The first kappa shape index (κ1) is 14.5. The molecule has 7 heteroatoms. The maximum absolute atomic E-state index is 13.8. The predicted octanol–water partition coefficient (Wildman–Crippen LogP) is 2.48. The van der Waals surface area contributed by atoms with Crippen LogP contribution in [0.4, 0.5) is 4.39 Å². The maximum Gasteiger partial charge on any atom is 0.262 e. The Hall–Kier alpha value is -2.47. The summed E-state index contributed by atoms with van der Waals surface area (Å²) in [5.41, 5.74) is 5.83. The van der Waals surface area contributed by atoms with Gasteiger partial charge in [-0.3, -0.25) is 4.79 Å². The van der Waals surface area contributed by atoms with Gasteiger partial charge in [-0.25, -0.2) is 4.39 Å². The highest BCUT2D eigenvalue weighted by Crippen LogP contribution is 2.44. The molecule has 0 aliphatic carbocycles. The van der Waals surface area contributed by atoms with Crippen molar-refractivity contribution in [3.05, 3.63) is 41.2 Å². The van der Waals surface area contributed by atoms with Crippen molar-refractivity contribution in [3.8, 4) is 28.4 Å². The summed E-state index contributed by atoms with van der Waals surface area (Å²) in [6.45, 7) is -0.0982. The summed E-state index contributed by atoms with van der Waals surface area (Å²) in [6.07, 6.45) is -0.979. The summed E-state index contributed by atoms with van der Waals surface area (Å²) >= 11 is 6.10. The van der Waals surface area contributed by atoms with Gasteiger partial charge in [0, 0.05) is 22.2 Å². The van der Waals surface area contributed by atoms with Gasteiger partial charge in [0.25, 0.3) is 5.91 Å². The lowest BCUT2D eigenvalue weighted by atomic mass is 10.0. The molecule has 0 radical (unpaired) electrons. The van der Waals surface area contributed by atoms with Gasteiger partial charge in [0.2, 0.25) is 6.10 Å². The molecule has 114 valence electrons. The molecule has 1 amide bonds. The van der Waals surface area contributed by atoms with E-state index in [1.165, 1.54) is 24.3 Å². The molecule has 1 heterocycles. The Kier molecular flexibility index (Phi) is 3.54. The molecule has 0 aromatic heterocycles. The van der Waals surface area contributed by atoms with E-state index >= 15 is 0 Å². The molecule has 0 unspecified atom stereocenters. The molecular formula is C15H11ClFNO4. The number of fused-ring (bicyclic) bond motifs is 1. The van der Waals surface area contributed by atoms with Crippen molar-refractivity contribution >= 4 is 17.5 Å². The fourth-order valence-electron chi connectivity index (χ4n) is 2.20. The first-order valence-electron chi connectivity index (χ1n) is 6.37. The number of primary amides is 1. The summed E-state index contributed by atoms with van der Waals surface area (Å²) in [5, 5.41) is 9.90. The fourth-order valence-corrected chi connectivity index (χ4v) is 2.42. The van der Waals surface area contributed by atoms with Crippen LogP contribution in [0.25, 0.3) is 11.1 Å². The molecule has 1 aliphatic rings. The summed E-state index contributed by atoms with van der Waals surface area (Å²) < 4.78 is 24.7. The van der Waals surface area contributed by atoms with Crippen LogP contribution in [0.15, 0.2) is 30.3 Å². The minimum atomic E-state index is -0.979. The molecule has 1 aliphatic heterocycles. The van der Waals surface area contributed by atoms with E-state index < -0.39 is 17.8 Å². The average Bonchev–Trinajstić information content (AvgIpc) is 2.48. The van der Waals surface area contributed by atoms with E-state index in [0.29, 0.717) is 5.56 Å². The van der Waals surface area contributed by atoms with Crippen LogP contribution in [0, 0.1) is 5.82 Å². The van der Waals surface area contributed by atoms with Crippen molar-refractivity contribution in [1.82, 2.24) is 0 Å². The fraction of sp³-hybridized carbons (Fsp3) is 0.133.